The molecule has 0 bridgehead atoms. The van der Waals surface area contributed by atoms with Gasteiger partial charge in [0, 0.05) is 18.5 Å². The summed E-state index contributed by atoms with van der Waals surface area (Å²) in [6.45, 7) is 5.76. The van der Waals surface area contributed by atoms with Crippen LogP contribution in [0.5, 0.6) is 0 Å². The van der Waals surface area contributed by atoms with E-state index in [9.17, 15) is 24.9 Å². The van der Waals surface area contributed by atoms with Crippen molar-refractivity contribution in [2.75, 3.05) is 0 Å². The first-order valence-electron chi connectivity index (χ1n) is 16.1. The summed E-state index contributed by atoms with van der Waals surface area (Å²) in [6, 6.07) is 12.7. The van der Waals surface area contributed by atoms with Crippen molar-refractivity contribution in [2.24, 2.45) is 28.6 Å². The molecule has 2 aromatic rings. The highest BCUT2D eigenvalue weighted by Crippen LogP contribution is 2.71. The monoisotopic (exact) mass is 603 g/mol. The number of pyridine rings is 1. The van der Waals surface area contributed by atoms with Crippen molar-refractivity contribution >= 4 is 18.0 Å². The van der Waals surface area contributed by atoms with E-state index in [4.69, 9.17) is 9.47 Å². The number of aliphatic hydroxyl groups excluding tert-OH is 1. The largest absolute Gasteiger partial charge is 0.458 e. The zero-order valence-electron chi connectivity index (χ0n) is 25.9. The lowest BCUT2D eigenvalue weighted by molar-refractivity contribution is -0.288. The molecule has 8 heteroatoms. The van der Waals surface area contributed by atoms with E-state index in [0.29, 0.717) is 25.2 Å². The maximum Gasteiger partial charge on any atom is 0.340 e. The third-order valence-corrected chi connectivity index (χ3v) is 12.4. The molecule has 0 aliphatic heterocycles. The maximum absolute atomic E-state index is 13.4. The Kier molecular flexibility index (Phi) is 8.00. The van der Waals surface area contributed by atoms with Gasteiger partial charge < -0.3 is 24.8 Å². The van der Waals surface area contributed by atoms with E-state index in [1.807, 2.05) is 37.3 Å². The molecule has 4 aliphatic carbocycles. The lowest BCUT2D eigenvalue weighted by Crippen LogP contribution is -2.72. The number of nitrogens with zero attached hydrogens (tertiary/aromatic N) is 1. The molecule has 4 unspecified atom stereocenters. The van der Waals surface area contributed by atoms with Gasteiger partial charge in [0.1, 0.15) is 17.8 Å². The molecule has 0 saturated heterocycles. The molecule has 4 saturated carbocycles. The second-order valence-electron chi connectivity index (χ2n) is 14.2. The van der Waals surface area contributed by atoms with Gasteiger partial charge in [0.25, 0.3) is 0 Å². The van der Waals surface area contributed by atoms with Gasteiger partial charge in [-0.1, -0.05) is 44.2 Å². The van der Waals surface area contributed by atoms with Crippen molar-refractivity contribution in [2.45, 2.75) is 102 Å². The maximum atomic E-state index is 13.4. The molecule has 3 N–H and O–H groups in total. The number of carbonyl (C=O) groups excluding carboxylic acids is 2. The van der Waals surface area contributed by atoms with E-state index in [2.05, 4.69) is 11.9 Å². The first-order chi connectivity index (χ1) is 20.9. The van der Waals surface area contributed by atoms with Crippen LogP contribution in [0, 0.1) is 28.6 Å². The summed E-state index contributed by atoms with van der Waals surface area (Å²) in [7, 11) is 0. The Balaban J connectivity index is 1.36. The lowest BCUT2D eigenvalue weighted by Gasteiger charge is -2.66. The topological polar surface area (TPSA) is 126 Å². The molecular formula is C36H45NO7. The van der Waals surface area contributed by atoms with Crippen LogP contribution in [0.1, 0.15) is 88.1 Å². The first-order valence-corrected chi connectivity index (χ1v) is 16.1. The van der Waals surface area contributed by atoms with Crippen LogP contribution in [0.15, 0.2) is 60.9 Å². The minimum absolute atomic E-state index is 0.0401. The number of hydrogen-bond acceptors (Lipinski definition) is 8. The van der Waals surface area contributed by atoms with E-state index < -0.39 is 40.8 Å². The van der Waals surface area contributed by atoms with Gasteiger partial charge in [0.05, 0.1) is 22.7 Å². The van der Waals surface area contributed by atoms with E-state index in [1.165, 1.54) is 12.3 Å². The Bertz CT molecular complexity index is 1400. The average molecular weight is 604 g/mol. The Morgan fingerprint density at radius 3 is 2.48 bits per heavy atom. The Hall–Kier alpha value is -3.07. The zero-order valence-corrected chi connectivity index (χ0v) is 25.9. The van der Waals surface area contributed by atoms with Crippen molar-refractivity contribution in [1.82, 2.24) is 4.98 Å². The number of aromatic nitrogens is 1. The molecular weight excluding hydrogens is 558 g/mol. The number of fused-ring (bicyclic) bond motifs is 5. The summed E-state index contributed by atoms with van der Waals surface area (Å²) in [4.78, 5) is 30.5. The van der Waals surface area contributed by atoms with Crippen molar-refractivity contribution < 1.29 is 34.4 Å². The molecule has 44 heavy (non-hydrogen) atoms. The van der Waals surface area contributed by atoms with Crippen molar-refractivity contribution in [1.29, 1.82) is 0 Å². The molecule has 8 nitrogen and oxygen atoms in total. The molecule has 0 amide bonds. The third kappa shape index (κ3) is 4.81. The van der Waals surface area contributed by atoms with Gasteiger partial charge in [-0.2, -0.15) is 0 Å². The van der Waals surface area contributed by atoms with Crippen LogP contribution in [0.2, 0.25) is 0 Å². The summed E-state index contributed by atoms with van der Waals surface area (Å²) >= 11 is 0. The summed E-state index contributed by atoms with van der Waals surface area (Å²) < 4.78 is 12.2. The molecule has 10 atom stereocenters. The number of ether oxygens (including phenoxy) is 2. The van der Waals surface area contributed by atoms with Crippen molar-refractivity contribution in [3.8, 4) is 0 Å². The summed E-state index contributed by atoms with van der Waals surface area (Å²) in [5.41, 5.74) is -3.36. The first kappa shape index (κ1) is 30.9. The zero-order chi connectivity index (χ0) is 31.3. The molecule has 6 rings (SSSR count). The minimum atomic E-state index is -1.67. The summed E-state index contributed by atoms with van der Waals surface area (Å²) in [5, 5.41) is 36.0. The number of esters is 2. The number of benzene rings is 1. The molecule has 1 aromatic heterocycles. The summed E-state index contributed by atoms with van der Waals surface area (Å²) in [6.07, 6.45) is 8.84. The number of hydrogen-bond donors (Lipinski definition) is 3. The molecule has 1 heterocycles. The lowest BCUT2D eigenvalue weighted by atomic mass is 9.42. The van der Waals surface area contributed by atoms with Gasteiger partial charge in [-0.3, -0.25) is 4.98 Å². The van der Waals surface area contributed by atoms with Gasteiger partial charge in [0.2, 0.25) is 0 Å². The van der Waals surface area contributed by atoms with Gasteiger partial charge in [-0.25, -0.2) is 9.59 Å². The van der Waals surface area contributed by atoms with Crippen LogP contribution in [0.4, 0.5) is 0 Å². The Labute approximate surface area is 259 Å². The van der Waals surface area contributed by atoms with E-state index in [0.717, 1.165) is 31.2 Å². The summed E-state index contributed by atoms with van der Waals surface area (Å²) in [5.74, 6) is -0.937. The second kappa shape index (κ2) is 11.4. The predicted molar refractivity (Wildman–Crippen MR) is 164 cm³/mol. The van der Waals surface area contributed by atoms with Gasteiger partial charge in [-0.15, -0.1) is 0 Å². The normalized spacial score (nSPS) is 40.4. The highest BCUT2D eigenvalue weighted by Gasteiger charge is 2.77. The number of rotatable bonds is 6. The highest BCUT2D eigenvalue weighted by molar-refractivity contribution is 5.89. The predicted octanol–water partition coefficient (Wildman–Crippen LogP) is 5.11. The molecule has 236 valence electrons. The van der Waals surface area contributed by atoms with Crippen LogP contribution in [-0.4, -0.2) is 61.8 Å². The minimum Gasteiger partial charge on any atom is -0.458 e. The molecule has 0 spiro atoms. The van der Waals surface area contributed by atoms with Crippen LogP contribution in [-0.2, 0) is 14.3 Å². The smallest absolute Gasteiger partial charge is 0.340 e. The second-order valence-corrected chi connectivity index (χ2v) is 14.2. The molecule has 1 aromatic carbocycles. The Morgan fingerprint density at radius 1 is 0.977 bits per heavy atom. The average Bonchev–Trinajstić information content (AvgIpc) is 3.25. The van der Waals surface area contributed by atoms with Crippen LogP contribution >= 0.6 is 0 Å². The molecule has 4 aliphatic rings. The van der Waals surface area contributed by atoms with Gasteiger partial charge >= 0.3 is 11.9 Å². The SMILES string of the molecule is CC(OC(=O)c1cccnc1)[C@@]1(O)CC[C@@]2(O)[C@@H]3CCC4CC(O)CC[C@]4(C)[C@H]3CC(OC(=O)/C=C/c3ccccc3)[C@@]21C. The Morgan fingerprint density at radius 2 is 1.75 bits per heavy atom. The number of carbonyl (C=O) groups is 2. The molecule has 4 fully saturated rings. The number of aliphatic hydroxyl groups is 3. The fourth-order valence-electron chi connectivity index (χ4n) is 9.76. The third-order valence-electron chi connectivity index (χ3n) is 12.4. The van der Waals surface area contributed by atoms with E-state index >= 15 is 0 Å². The fraction of sp³-hybridized carbons (Fsp3) is 0.583. The van der Waals surface area contributed by atoms with Gasteiger partial charge in [0.15, 0.2) is 0 Å². The van der Waals surface area contributed by atoms with Gasteiger partial charge in [-0.05, 0) is 105 Å². The highest BCUT2D eigenvalue weighted by atomic mass is 16.6. The van der Waals surface area contributed by atoms with E-state index in [-0.39, 0.29) is 35.3 Å². The molecule has 0 radical (unpaired) electrons. The van der Waals surface area contributed by atoms with Crippen molar-refractivity contribution in [3.05, 3.63) is 72.1 Å². The quantitative estimate of drug-likeness (QED) is 0.307. The van der Waals surface area contributed by atoms with E-state index in [1.54, 1.807) is 31.3 Å². The van der Waals surface area contributed by atoms with Crippen molar-refractivity contribution in [3.63, 3.8) is 0 Å². The van der Waals surface area contributed by atoms with Crippen LogP contribution < -0.4 is 0 Å². The standard InChI is InChI=1S/C36H45NO7/c1-23(43-32(40)25-10-7-19-37-22-25)35(41)17-18-36(42)28-13-12-26-20-27(38)15-16-33(26,2)29(28)21-30(34(35,36)3)44-31(39)14-11-24-8-5-4-6-9-24/h4-11,14,19,22-23,26-30,38,41-42H,12-13,15-18,20-21H2,1-3H3/b14-11+/t23?,26?,27?,28-,29+,30?,33+,34-,35+,36-/m1/s1. The fourth-order valence-corrected chi connectivity index (χ4v) is 9.76. The van der Waals surface area contributed by atoms with Crippen LogP contribution in [0.25, 0.3) is 6.08 Å². The van der Waals surface area contributed by atoms with Crippen LogP contribution in [0.3, 0.4) is 0 Å².